The Kier molecular flexibility index (Phi) is 22.0. The van der Waals surface area contributed by atoms with Crippen LogP contribution in [-0.4, -0.2) is 68.4 Å². The average molecular weight is 372 g/mol. The van der Waals surface area contributed by atoms with E-state index in [1.54, 1.807) is 0 Å². The van der Waals surface area contributed by atoms with Gasteiger partial charge in [0.15, 0.2) is 0 Å². The van der Waals surface area contributed by atoms with Crippen LogP contribution in [0.2, 0.25) is 0 Å². The molecule has 0 amide bonds. The summed E-state index contributed by atoms with van der Waals surface area (Å²) in [5.41, 5.74) is 0. The van der Waals surface area contributed by atoms with Crippen molar-refractivity contribution in [2.24, 2.45) is 0 Å². The second-order valence-electron chi connectivity index (χ2n) is 3.01. The van der Waals surface area contributed by atoms with E-state index in [9.17, 15) is 28.8 Å². The molecule has 0 aliphatic heterocycles. The van der Waals surface area contributed by atoms with Gasteiger partial charge in [-0.1, -0.05) is 0 Å². The fourth-order valence-electron chi connectivity index (χ4n) is 0.609. The maximum Gasteiger partial charge on any atom is 1.00 e. The van der Waals surface area contributed by atoms with Crippen molar-refractivity contribution in [2.75, 3.05) is 0 Å². The first-order valence-electron chi connectivity index (χ1n) is 4.93. The van der Waals surface area contributed by atoms with E-state index in [2.05, 4.69) is 9.47 Å². The number of hydrogen-bond acceptors (Lipinski definition) is 11. The molecule has 0 unspecified atom stereocenters. The molecule has 0 aromatic rings. The van der Waals surface area contributed by atoms with Gasteiger partial charge >= 0.3 is 102 Å². The van der Waals surface area contributed by atoms with Gasteiger partial charge < -0.3 is 37.6 Å². The molecule has 0 spiro atoms. The fourth-order valence-corrected chi connectivity index (χ4v) is 0.609. The van der Waals surface area contributed by atoms with E-state index in [1.165, 1.54) is 0 Å². The summed E-state index contributed by atoms with van der Waals surface area (Å²) >= 11 is 0. The molecule has 0 atom stereocenters. The molecule has 0 aliphatic rings. The predicted octanol–water partition coefficient (Wildman–Crippen LogP) is -9.74. The molecule has 0 radical (unpaired) electrons. The zero-order chi connectivity index (χ0) is 17.9. The molecule has 0 bridgehead atoms. The van der Waals surface area contributed by atoms with Crippen LogP contribution in [0.3, 0.4) is 0 Å². The Morgan fingerprint density at radius 1 is 0.708 bits per heavy atom. The molecule has 0 heterocycles. The van der Waals surface area contributed by atoms with E-state index in [1.807, 2.05) is 0 Å². The molecule has 0 saturated heterocycles. The molecule has 0 fully saturated rings. The van der Waals surface area contributed by atoms with Crippen LogP contribution in [-0.2, 0) is 38.2 Å². The van der Waals surface area contributed by atoms with Crippen LogP contribution < -0.4 is 59.1 Å². The number of rotatable bonds is 4. The predicted molar refractivity (Wildman–Crippen MR) is 61.3 cm³/mol. The molecule has 16 heteroatoms. The number of aliphatic carboxylic acids is 2. The van der Waals surface area contributed by atoms with Crippen LogP contribution in [0, 0.1) is 0 Å². The van der Waals surface area contributed by atoms with Gasteiger partial charge in [0.2, 0.25) is 0 Å². The Bertz CT molecular complexity index is 444. The summed E-state index contributed by atoms with van der Waals surface area (Å²) in [5.74, 6) is -10.1. The van der Waals surface area contributed by atoms with Gasteiger partial charge in [-0.2, -0.15) is 0 Å². The number of carbonyl (C=O) groups is 6. The van der Waals surface area contributed by atoms with Crippen LogP contribution in [0.15, 0.2) is 0 Å². The van der Waals surface area contributed by atoms with Gasteiger partial charge in [0.1, 0.15) is 12.8 Å². The van der Waals surface area contributed by atoms with Crippen molar-refractivity contribution in [3.8, 4) is 0 Å². The van der Waals surface area contributed by atoms with Gasteiger partial charge in [-0.3, -0.25) is 19.2 Å². The second-order valence-corrected chi connectivity index (χ2v) is 3.01. The van der Waals surface area contributed by atoms with Crippen molar-refractivity contribution in [3.05, 3.63) is 0 Å². The number of hydrogen-bond donors (Lipinski definition) is 5. The smallest absolute Gasteiger partial charge is 1.00 e. The summed E-state index contributed by atoms with van der Waals surface area (Å²) in [7, 11) is -2.17. The van der Waals surface area contributed by atoms with Gasteiger partial charge in [0, 0.05) is 0 Å². The van der Waals surface area contributed by atoms with Gasteiger partial charge in [0.25, 0.3) is 0 Å². The van der Waals surface area contributed by atoms with Gasteiger partial charge in [-0.15, -0.1) is 0 Å². The maximum atomic E-state index is 10.7. The van der Waals surface area contributed by atoms with E-state index in [0.717, 1.165) is 0 Å². The SMILES string of the molecule is O=C(O)CC(=O)OC(=O)C(=O)OC(=O)CC(=O)O.OB(O)O.[H-].[H-].[Na+].[Na+]. The summed E-state index contributed by atoms with van der Waals surface area (Å²) in [4.78, 5) is 62.8. The minimum absolute atomic E-state index is 0. The Labute approximate surface area is 180 Å². The van der Waals surface area contributed by atoms with Crippen LogP contribution in [0.25, 0.3) is 0 Å². The Morgan fingerprint density at radius 3 is 1.08 bits per heavy atom. The van der Waals surface area contributed by atoms with Crippen molar-refractivity contribution in [2.45, 2.75) is 12.8 Å². The minimum Gasteiger partial charge on any atom is -1.00 e. The van der Waals surface area contributed by atoms with Crippen molar-refractivity contribution >= 4 is 43.1 Å². The Morgan fingerprint density at radius 2 is 0.917 bits per heavy atom. The van der Waals surface area contributed by atoms with E-state index in [4.69, 9.17) is 25.3 Å². The van der Waals surface area contributed by atoms with Crippen LogP contribution in [0.1, 0.15) is 15.7 Å². The normalized spacial score (nSPS) is 7.96. The van der Waals surface area contributed by atoms with Crippen molar-refractivity contribution in [3.63, 3.8) is 0 Å². The van der Waals surface area contributed by atoms with Crippen LogP contribution in [0.4, 0.5) is 0 Å². The standard InChI is InChI=1S/C8H6O10.BH3O3.2Na.2H/c9-3(10)1-5(13)17-7(15)8(16)18-6(14)2-4(11)12;2-1(3)4;;;;/h1-2H2,(H,9,10)(H,11,12);2-4H;;;;/q;;2*+1;2*-1. The van der Waals surface area contributed by atoms with Gasteiger partial charge in [-0.05, 0) is 0 Å². The Balaban J connectivity index is -0.000000113. The minimum atomic E-state index is -2.17. The average Bonchev–Trinajstić information content (AvgIpc) is 2.24. The zero-order valence-corrected chi connectivity index (χ0v) is 16.5. The number of carbonyl (C=O) groups excluding carboxylic acids is 4. The van der Waals surface area contributed by atoms with Crippen LogP contribution >= 0.6 is 0 Å². The molecule has 24 heavy (non-hydrogen) atoms. The van der Waals surface area contributed by atoms with E-state index < -0.39 is 56.0 Å². The van der Waals surface area contributed by atoms with Crippen molar-refractivity contribution < 1.29 is 125 Å². The summed E-state index contributed by atoms with van der Waals surface area (Å²) in [5, 5.41) is 37.8. The van der Waals surface area contributed by atoms with Gasteiger partial charge in [0.05, 0.1) is 0 Å². The van der Waals surface area contributed by atoms with Crippen molar-refractivity contribution in [1.82, 2.24) is 0 Å². The molecule has 0 rings (SSSR count). The maximum absolute atomic E-state index is 10.7. The topological polar surface area (TPSA) is 222 Å². The monoisotopic (exact) mass is 372 g/mol. The third-order valence-electron chi connectivity index (χ3n) is 1.17. The number of esters is 4. The van der Waals surface area contributed by atoms with Crippen molar-refractivity contribution in [1.29, 1.82) is 0 Å². The molecule has 13 nitrogen and oxygen atoms in total. The molecule has 0 aromatic heterocycles. The molecular weight excluding hydrogens is 361 g/mol. The third kappa shape index (κ3) is 23.4. The summed E-state index contributed by atoms with van der Waals surface area (Å²) in [6, 6.07) is 0. The molecule has 0 aliphatic carbocycles. The molecule has 5 N–H and O–H groups in total. The Hall–Kier alpha value is -0.835. The van der Waals surface area contributed by atoms with Crippen LogP contribution in [0.5, 0.6) is 0 Å². The van der Waals surface area contributed by atoms with E-state index in [0.29, 0.717) is 0 Å². The summed E-state index contributed by atoms with van der Waals surface area (Å²) < 4.78 is 7.39. The summed E-state index contributed by atoms with van der Waals surface area (Å²) in [6.07, 6.45) is -2.33. The fraction of sp³-hybridized carbons (Fsp3) is 0.250. The third-order valence-corrected chi connectivity index (χ3v) is 1.17. The first-order chi connectivity index (χ1) is 9.95. The summed E-state index contributed by atoms with van der Waals surface area (Å²) in [6.45, 7) is 0. The quantitative estimate of drug-likeness (QED) is 0.134. The first kappa shape index (κ1) is 31.0. The number of ether oxygens (including phenoxy) is 2. The largest absolute Gasteiger partial charge is 1.00 e. The van der Waals surface area contributed by atoms with E-state index >= 15 is 0 Å². The molecule has 126 valence electrons. The number of carboxylic acid groups (broad SMARTS) is 2. The van der Waals surface area contributed by atoms with E-state index in [-0.39, 0.29) is 62.0 Å². The zero-order valence-electron chi connectivity index (χ0n) is 14.5. The van der Waals surface area contributed by atoms with Gasteiger partial charge in [-0.25, -0.2) is 9.59 Å². The molecular formula is C8H11BNa2O13. The first-order valence-corrected chi connectivity index (χ1v) is 4.93. The number of carboxylic acids is 2. The molecule has 0 saturated carbocycles. The second kappa shape index (κ2) is 17.0. The molecule has 0 aromatic carbocycles.